The summed E-state index contributed by atoms with van der Waals surface area (Å²) >= 11 is 0. The van der Waals surface area contributed by atoms with Crippen LogP contribution >= 0.6 is 0 Å². The van der Waals surface area contributed by atoms with Crippen molar-refractivity contribution in [2.75, 3.05) is 0 Å². The van der Waals surface area contributed by atoms with Crippen LogP contribution in [-0.2, 0) is 0 Å². The van der Waals surface area contributed by atoms with Crippen LogP contribution in [0.5, 0.6) is 0 Å². The summed E-state index contributed by atoms with van der Waals surface area (Å²) in [4.78, 5) is 31.1. The summed E-state index contributed by atoms with van der Waals surface area (Å²) < 4.78 is 0. The molecule has 0 spiro atoms. The van der Waals surface area contributed by atoms with E-state index in [1.807, 2.05) is 0 Å². The number of aryl methyl sites for hydroxylation is 1. The normalized spacial score (nSPS) is 9.67. The molecule has 78 valence electrons. The number of rotatable bonds is 3. The van der Waals surface area contributed by atoms with Crippen LogP contribution in [0.4, 0.5) is 5.69 Å². The maximum absolute atomic E-state index is 10.8. The first-order chi connectivity index (χ1) is 6.97. The van der Waals surface area contributed by atoms with Crippen LogP contribution in [0.1, 0.15) is 26.3 Å². The van der Waals surface area contributed by atoms with Gasteiger partial charge in [-0.3, -0.25) is 14.9 Å². The number of carbonyl (C=O) groups excluding carboxylic acids is 1. The monoisotopic (exact) mass is 209 g/mol. The first kappa shape index (κ1) is 10.8. The lowest BCUT2D eigenvalue weighted by Crippen LogP contribution is -2.07. The van der Waals surface area contributed by atoms with Gasteiger partial charge in [0.2, 0.25) is 0 Å². The molecule has 0 aliphatic heterocycles. The Kier molecular flexibility index (Phi) is 2.80. The van der Waals surface area contributed by atoms with Gasteiger partial charge in [-0.1, -0.05) is 0 Å². The third-order valence-corrected chi connectivity index (χ3v) is 1.83. The molecular weight excluding hydrogens is 202 g/mol. The van der Waals surface area contributed by atoms with E-state index in [4.69, 9.17) is 5.11 Å². The summed E-state index contributed by atoms with van der Waals surface area (Å²) in [5.74, 6) is -1.48. The highest BCUT2D eigenvalue weighted by Crippen LogP contribution is 2.23. The van der Waals surface area contributed by atoms with Crippen molar-refractivity contribution in [2.24, 2.45) is 0 Å². The molecule has 0 aliphatic carbocycles. The van der Waals surface area contributed by atoms with E-state index in [1.54, 1.807) is 6.92 Å². The fourth-order valence-electron chi connectivity index (χ4n) is 1.26. The lowest BCUT2D eigenvalue weighted by Gasteiger charge is -2.02. The van der Waals surface area contributed by atoms with E-state index in [0.717, 1.165) is 6.07 Å². The van der Waals surface area contributed by atoms with Crippen LogP contribution in [0.2, 0.25) is 0 Å². The van der Waals surface area contributed by atoms with Gasteiger partial charge in [0.25, 0.3) is 5.69 Å². The Labute approximate surface area is 84.3 Å². The topological polar surface area (TPSA) is 97.5 Å². The minimum atomic E-state index is -1.48. The predicted octanol–water partition coefficient (Wildman–Crippen LogP) is 1.41. The van der Waals surface area contributed by atoms with Gasteiger partial charge in [0, 0.05) is 11.6 Å². The number of nitro benzene ring substituents is 1. The molecule has 6 nitrogen and oxygen atoms in total. The van der Waals surface area contributed by atoms with Gasteiger partial charge in [0.15, 0.2) is 6.29 Å². The number of carboxylic acids is 1. The molecule has 15 heavy (non-hydrogen) atoms. The standard InChI is InChI=1S/C9H7NO5/c1-5-2-6(4-11)8(9(12)13)7(3-5)10(14)15/h2-4H,1H3,(H,12,13). The first-order valence-electron chi connectivity index (χ1n) is 3.95. The van der Waals surface area contributed by atoms with Crippen LogP contribution in [0.15, 0.2) is 12.1 Å². The van der Waals surface area contributed by atoms with Gasteiger partial charge in [-0.2, -0.15) is 0 Å². The lowest BCUT2D eigenvalue weighted by molar-refractivity contribution is -0.385. The summed E-state index contributed by atoms with van der Waals surface area (Å²) in [6, 6.07) is 2.42. The molecular formula is C9H7NO5. The summed E-state index contributed by atoms with van der Waals surface area (Å²) in [7, 11) is 0. The SMILES string of the molecule is Cc1cc(C=O)c(C(=O)O)c([N+](=O)[O-])c1. The van der Waals surface area contributed by atoms with Gasteiger partial charge < -0.3 is 5.11 Å². The number of carbonyl (C=O) groups is 2. The second-order valence-electron chi connectivity index (χ2n) is 2.93. The summed E-state index contributed by atoms with van der Waals surface area (Å²) in [6.45, 7) is 1.55. The molecule has 1 rings (SSSR count). The molecule has 0 aliphatic rings. The van der Waals surface area contributed by atoms with Gasteiger partial charge >= 0.3 is 5.97 Å². The highest BCUT2D eigenvalue weighted by Gasteiger charge is 2.24. The van der Waals surface area contributed by atoms with E-state index in [1.165, 1.54) is 6.07 Å². The molecule has 0 unspecified atom stereocenters. The van der Waals surface area contributed by atoms with Crippen LogP contribution in [0.25, 0.3) is 0 Å². The summed E-state index contributed by atoms with van der Waals surface area (Å²) in [6.07, 6.45) is 0.295. The van der Waals surface area contributed by atoms with Gasteiger partial charge in [0.1, 0.15) is 5.56 Å². The number of benzene rings is 1. The number of nitrogens with zero attached hydrogens (tertiary/aromatic N) is 1. The van der Waals surface area contributed by atoms with Crippen molar-refractivity contribution in [3.05, 3.63) is 38.9 Å². The molecule has 0 amide bonds. The number of hydrogen-bond acceptors (Lipinski definition) is 4. The van der Waals surface area contributed by atoms with Crippen molar-refractivity contribution in [1.29, 1.82) is 0 Å². The van der Waals surface area contributed by atoms with Crippen molar-refractivity contribution in [3.63, 3.8) is 0 Å². The molecule has 1 N–H and O–H groups in total. The third-order valence-electron chi connectivity index (χ3n) is 1.83. The maximum atomic E-state index is 10.8. The number of nitro groups is 1. The van der Waals surface area contributed by atoms with Crippen molar-refractivity contribution >= 4 is 17.9 Å². The quantitative estimate of drug-likeness (QED) is 0.461. The van der Waals surface area contributed by atoms with Crippen LogP contribution < -0.4 is 0 Å². The van der Waals surface area contributed by atoms with Crippen molar-refractivity contribution in [1.82, 2.24) is 0 Å². The molecule has 0 saturated carbocycles. The fourth-order valence-corrected chi connectivity index (χ4v) is 1.26. The van der Waals surface area contributed by atoms with Gasteiger partial charge in [0.05, 0.1) is 4.92 Å². The summed E-state index contributed by atoms with van der Waals surface area (Å²) in [5.41, 5.74) is -0.854. The Balaban J connectivity index is 3.61. The zero-order valence-corrected chi connectivity index (χ0v) is 7.76. The molecule has 1 aromatic rings. The first-order valence-corrected chi connectivity index (χ1v) is 3.95. The largest absolute Gasteiger partial charge is 0.477 e. The molecule has 0 aromatic heterocycles. The zero-order valence-electron chi connectivity index (χ0n) is 7.76. The molecule has 0 atom stereocenters. The van der Waals surface area contributed by atoms with Crippen LogP contribution in [-0.4, -0.2) is 22.3 Å². The predicted molar refractivity (Wildman–Crippen MR) is 50.2 cm³/mol. The van der Waals surface area contributed by atoms with Crippen LogP contribution in [0, 0.1) is 17.0 Å². The molecule has 0 radical (unpaired) electrons. The van der Waals surface area contributed by atoms with E-state index in [-0.39, 0.29) is 5.56 Å². The number of hydrogen-bond donors (Lipinski definition) is 1. The fraction of sp³-hybridized carbons (Fsp3) is 0.111. The van der Waals surface area contributed by atoms with E-state index in [0.29, 0.717) is 11.8 Å². The second-order valence-corrected chi connectivity index (χ2v) is 2.93. The third kappa shape index (κ3) is 1.98. The van der Waals surface area contributed by atoms with E-state index < -0.39 is 22.1 Å². The minimum absolute atomic E-state index is 0.186. The van der Waals surface area contributed by atoms with Crippen molar-refractivity contribution in [3.8, 4) is 0 Å². The number of carboxylic acid groups (broad SMARTS) is 1. The Morgan fingerprint density at radius 2 is 2.13 bits per heavy atom. The zero-order chi connectivity index (χ0) is 11.6. The van der Waals surface area contributed by atoms with E-state index in [9.17, 15) is 19.7 Å². The van der Waals surface area contributed by atoms with Crippen molar-refractivity contribution in [2.45, 2.75) is 6.92 Å². The van der Waals surface area contributed by atoms with E-state index in [2.05, 4.69) is 0 Å². The van der Waals surface area contributed by atoms with E-state index >= 15 is 0 Å². The highest BCUT2D eigenvalue weighted by molar-refractivity contribution is 6.01. The smallest absolute Gasteiger partial charge is 0.343 e. The summed E-state index contributed by atoms with van der Waals surface area (Å²) in [5, 5.41) is 19.3. The molecule has 6 heteroatoms. The molecule has 0 heterocycles. The maximum Gasteiger partial charge on any atom is 0.343 e. The Morgan fingerprint density at radius 3 is 2.53 bits per heavy atom. The second kappa shape index (κ2) is 3.87. The van der Waals surface area contributed by atoms with Crippen molar-refractivity contribution < 1.29 is 19.6 Å². The number of aldehydes is 1. The van der Waals surface area contributed by atoms with Crippen LogP contribution in [0.3, 0.4) is 0 Å². The minimum Gasteiger partial charge on any atom is -0.477 e. The van der Waals surface area contributed by atoms with Gasteiger partial charge in [-0.15, -0.1) is 0 Å². The Hall–Kier alpha value is -2.24. The molecule has 0 fully saturated rings. The average molecular weight is 209 g/mol. The van der Waals surface area contributed by atoms with Gasteiger partial charge in [-0.25, -0.2) is 4.79 Å². The molecule has 0 bridgehead atoms. The number of aromatic carboxylic acids is 1. The lowest BCUT2D eigenvalue weighted by atomic mass is 10.0. The highest BCUT2D eigenvalue weighted by atomic mass is 16.6. The molecule has 0 saturated heterocycles. The van der Waals surface area contributed by atoms with Gasteiger partial charge in [-0.05, 0) is 18.6 Å². The molecule has 1 aromatic carbocycles. The Morgan fingerprint density at radius 1 is 1.53 bits per heavy atom. The average Bonchev–Trinajstić information content (AvgIpc) is 2.15. The Bertz CT molecular complexity index is 452.